The lowest BCUT2D eigenvalue weighted by atomic mass is 10.1. The quantitative estimate of drug-likeness (QED) is 0.847. The SMILES string of the molecule is CSCCNC(=O)c1sc2c(C)cccc2c1N. The van der Waals surface area contributed by atoms with Gasteiger partial charge in [-0.05, 0) is 18.7 Å². The van der Waals surface area contributed by atoms with Gasteiger partial charge >= 0.3 is 0 Å². The maximum atomic E-state index is 12.0. The normalized spacial score (nSPS) is 10.8. The van der Waals surface area contributed by atoms with E-state index in [1.54, 1.807) is 11.8 Å². The Kier molecular flexibility index (Phi) is 4.14. The van der Waals surface area contributed by atoms with Gasteiger partial charge in [0, 0.05) is 22.4 Å². The van der Waals surface area contributed by atoms with E-state index in [9.17, 15) is 4.79 Å². The zero-order chi connectivity index (χ0) is 13.1. The lowest BCUT2D eigenvalue weighted by Crippen LogP contribution is -2.25. The Bertz CT molecular complexity index is 578. The van der Waals surface area contributed by atoms with E-state index in [-0.39, 0.29) is 5.91 Å². The number of anilines is 1. The van der Waals surface area contributed by atoms with Gasteiger partial charge in [0.25, 0.3) is 5.91 Å². The first kappa shape index (κ1) is 13.2. The molecule has 0 saturated heterocycles. The molecule has 0 atom stereocenters. The molecule has 0 fully saturated rings. The van der Waals surface area contributed by atoms with Gasteiger partial charge in [-0.2, -0.15) is 11.8 Å². The van der Waals surface area contributed by atoms with Crippen LogP contribution in [0.2, 0.25) is 0 Å². The van der Waals surface area contributed by atoms with E-state index in [0.29, 0.717) is 17.1 Å². The number of nitrogens with one attached hydrogen (secondary N) is 1. The van der Waals surface area contributed by atoms with Crippen LogP contribution in [0.1, 0.15) is 15.2 Å². The summed E-state index contributed by atoms with van der Waals surface area (Å²) in [4.78, 5) is 12.7. The summed E-state index contributed by atoms with van der Waals surface area (Å²) >= 11 is 3.18. The first-order valence-corrected chi connectivity index (χ1v) is 7.91. The minimum absolute atomic E-state index is 0.0675. The number of thiophene rings is 1. The number of carbonyl (C=O) groups excluding carboxylic acids is 1. The Balaban J connectivity index is 2.31. The topological polar surface area (TPSA) is 55.1 Å². The lowest BCUT2D eigenvalue weighted by Gasteiger charge is -2.02. The Morgan fingerprint density at radius 1 is 1.50 bits per heavy atom. The van der Waals surface area contributed by atoms with Crippen molar-refractivity contribution in [1.29, 1.82) is 0 Å². The van der Waals surface area contributed by atoms with Gasteiger partial charge in [0.2, 0.25) is 0 Å². The number of fused-ring (bicyclic) bond motifs is 1. The highest BCUT2D eigenvalue weighted by atomic mass is 32.2. The van der Waals surface area contributed by atoms with Gasteiger partial charge < -0.3 is 11.1 Å². The molecule has 1 aromatic carbocycles. The van der Waals surface area contributed by atoms with E-state index >= 15 is 0 Å². The molecule has 1 amide bonds. The number of carbonyl (C=O) groups is 1. The fourth-order valence-corrected chi connectivity index (χ4v) is 3.21. The van der Waals surface area contributed by atoms with E-state index in [1.807, 2.05) is 31.4 Å². The molecule has 0 unspecified atom stereocenters. The molecule has 0 aliphatic rings. The predicted molar refractivity (Wildman–Crippen MR) is 81.7 cm³/mol. The van der Waals surface area contributed by atoms with E-state index in [4.69, 9.17) is 5.73 Å². The number of aryl methyl sites for hydroxylation is 1. The fraction of sp³-hybridized carbons (Fsp3) is 0.308. The molecule has 96 valence electrons. The number of nitrogen functional groups attached to an aromatic ring is 1. The van der Waals surface area contributed by atoms with Crippen molar-refractivity contribution in [3.63, 3.8) is 0 Å². The van der Waals surface area contributed by atoms with Crippen LogP contribution in [-0.2, 0) is 0 Å². The van der Waals surface area contributed by atoms with Crippen molar-refractivity contribution in [1.82, 2.24) is 5.32 Å². The van der Waals surface area contributed by atoms with Crippen molar-refractivity contribution >= 4 is 44.8 Å². The second-order valence-corrected chi connectivity index (χ2v) is 6.05. The molecule has 2 aromatic rings. The Labute approximate surface area is 115 Å². The van der Waals surface area contributed by atoms with Crippen LogP contribution in [0.5, 0.6) is 0 Å². The van der Waals surface area contributed by atoms with Gasteiger partial charge in [-0.3, -0.25) is 4.79 Å². The molecule has 0 spiro atoms. The Morgan fingerprint density at radius 2 is 2.28 bits per heavy atom. The van der Waals surface area contributed by atoms with Crippen LogP contribution in [0.15, 0.2) is 18.2 Å². The largest absolute Gasteiger partial charge is 0.397 e. The van der Waals surface area contributed by atoms with Crippen molar-refractivity contribution in [2.24, 2.45) is 0 Å². The van der Waals surface area contributed by atoms with Gasteiger partial charge in [-0.15, -0.1) is 11.3 Å². The minimum Gasteiger partial charge on any atom is -0.397 e. The molecular weight excluding hydrogens is 264 g/mol. The summed E-state index contributed by atoms with van der Waals surface area (Å²) in [6.07, 6.45) is 2.02. The van der Waals surface area contributed by atoms with Gasteiger partial charge in [0.05, 0.1) is 5.69 Å². The third kappa shape index (κ3) is 2.47. The highest BCUT2D eigenvalue weighted by Crippen LogP contribution is 2.35. The maximum absolute atomic E-state index is 12.0. The van der Waals surface area contributed by atoms with Gasteiger partial charge in [0.1, 0.15) is 4.88 Å². The van der Waals surface area contributed by atoms with E-state index < -0.39 is 0 Å². The lowest BCUT2D eigenvalue weighted by molar-refractivity contribution is 0.0961. The predicted octanol–water partition coefficient (Wildman–Crippen LogP) is 2.88. The van der Waals surface area contributed by atoms with Gasteiger partial charge in [0.15, 0.2) is 0 Å². The highest BCUT2D eigenvalue weighted by molar-refractivity contribution is 7.98. The summed E-state index contributed by atoms with van der Waals surface area (Å²) in [6.45, 7) is 2.71. The smallest absolute Gasteiger partial charge is 0.263 e. The number of rotatable bonds is 4. The number of benzene rings is 1. The molecule has 0 bridgehead atoms. The molecule has 0 saturated carbocycles. The number of nitrogens with two attached hydrogens (primary N) is 1. The summed E-state index contributed by atoms with van der Waals surface area (Å²) in [6, 6.07) is 5.97. The average Bonchev–Trinajstić information content (AvgIpc) is 2.69. The number of hydrogen-bond acceptors (Lipinski definition) is 4. The molecule has 1 aromatic heterocycles. The summed E-state index contributed by atoms with van der Waals surface area (Å²) < 4.78 is 1.10. The molecule has 3 nitrogen and oxygen atoms in total. The van der Waals surface area contributed by atoms with Crippen LogP contribution in [-0.4, -0.2) is 24.5 Å². The van der Waals surface area contributed by atoms with Crippen LogP contribution < -0.4 is 11.1 Å². The third-order valence-electron chi connectivity index (χ3n) is 2.75. The summed E-state index contributed by atoms with van der Waals surface area (Å²) in [7, 11) is 0. The van der Waals surface area contributed by atoms with Crippen molar-refractivity contribution in [2.75, 3.05) is 24.3 Å². The van der Waals surface area contributed by atoms with Crippen LogP contribution in [0.4, 0.5) is 5.69 Å². The van der Waals surface area contributed by atoms with E-state index in [0.717, 1.165) is 21.4 Å². The maximum Gasteiger partial charge on any atom is 0.263 e. The Hall–Kier alpha value is -1.20. The minimum atomic E-state index is -0.0675. The standard InChI is InChI=1S/C13H16N2OS2/c1-8-4-3-5-9-10(14)12(18-11(8)9)13(16)15-6-7-17-2/h3-5H,6-7,14H2,1-2H3,(H,15,16). The van der Waals surface area contributed by atoms with Crippen molar-refractivity contribution < 1.29 is 4.79 Å². The number of amides is 1. The molecule has 2 rings (SSSR count). The van der Waals surface area contributed by atoms with E-state index in [1.165, 1.54) is 11.3 Å². The van der Waals surface area contributed by atoms with Crippen molar-refractivity contribution in [2.45, 2.75) is 6.92 Å². The summed E-state index contributed by atoms with van der Waals surface area (Å²) in [5.41, 5.74) is 7.81. The van der Waals surface area contributed by atoms with Crippen LogP contribution in [0.3, 0.4) is 0 Å². The van der Waals surface area contributed by atoms with Gasteiger partial charge in [-0.1, -0.05) is 18.2 Å². The molecule has 0 aliphatic heterocycles. The molecule has 18 heavy (non-hydrogen) atoms. The molecule has 3 N–H and O–H groups in total. The van der Waals surface area contributed by atoms with Crippen LogP contribution >= 0.6 is 23.1 Å². The van der Waals surface area contributed by atoms with Crippen molar-refractivity contribution in [3.8, 4) is 0 Å². The summed E-state index contributed by atoms with van der Waals surface area (Å²) in [5, 5.41) is 3.87. The zero-order valence-electron chi connectivity index (χ0n) is 10.4. The molecule has 0 aliphatic carbocycles. The zero-order valence-corrected chi connectivity index (χ0v) is 12.1. The second-order valence-electron chi connectivity index (χ2n) is 4.05. The average molecular weight is 280 g/mol. The molecular formula is C13H16N2OS2. The fourth-order valence-electron chi connectivity index (χ4n) is 1.79. The number of thioether (sulfide) groups is 1. The van der Waals surface area contributed by atoms with Gasteiger partial charge in [-0.25, -0.2) is 0 Å². The number of hydrogen-bond donors (Lipinski definition) is 2. The molecule has 0 radical (unpaired) electrons. The van der Waals surface area contributed by atoms with E-state index in [2.05, 4.69) is 5.32 Å². The molecule has 5 heteroatoms. The highest BCUT2D eigenvalue weighted by Gasteiger charge is 2.16. The van der Waals surface area contributed by atoms with Crippen LogP contribution in [0.25, 0.3) is 10.1 Å². The molecule has 1 heterocycles. The monoisotopic (exact) mass is 280 g/mol. The summed E-state index contributed by atoms with van der Waals surface area (Å²) in [5.74, 6) is 0.845. The second kappa shape index (κ2) is 5.63. The van der Waals surface area contributed by atoms with Crippen molar-refractivity contribution in [3.05, 3.63) is 28.6 Å². The third-order valence-corrected chi connectivity index (χ3v) is 4.72. The first-order chi connectivity index (χ1) is 8.65. The van der Waals surface area contributed by atoms with Crippen LogP contribution in [0, 0.1) is 6.92 Å². The first-order valence-electron chi connectivity index (χ1n) is 5.70. The Morgan fingerprint density at radius 3 is 2.94 bits per heavy atom.